The zero-order chi connectivity index (χ0) is 7.72. The number of nitrogen functional groups attached to an aromatic ring is 1. The molecule has 1 aromatic rings. The summed E-state index contributed by atoms with van der Waals surface area (Å²) in [5, 5.41) is 8.85. The van der Waals surface area contributed by atoms with Gasteiger partial charge in [0.25, 0.3) is 0 Å². The SMILES string of the molecule is [CH2]c1ccc(N)c(O)c1F. The molecule has 1 radical (unpaired) electrons. The second kappa shape index (κ2) is 2.17. The lowest BCUT2D eigenvalue weighted by Gasteiger charge is -2.00. The average molecular weight is 140 g/mol. The summed E-state index contributed by atoms with van der Waals surface area (Å²) in [6.45, 7) is 3.33. The van der Waals surface area contributed by atoms with Crippen LogP contribution in [-0.2, 0) is 0 Å². The van der Waals surface area contributed by atoms with Crippen molar-refractivity contribution in [1.82, 2.24) is 0 Å². The predicted octanol–water partition coefficient (Wildman–Crippen LogP) is 1.30. The fourth-order valence-corrected chi connectivity index (χ4v) is 0.621. The maximum Gasteiger partial charge on any atom is 0.175 e. The van der Waals surface area contributed by atoms with Crippen LogP contribution in [0, 0.1) is 12.7 Å². The van der Waals surface area contributed by atoms with Gasteiger partial charge in [-0.1, -0.05) is 6.07 Å². The number of phenolic OH excluding ortho intramolecular Hbond substituents is 1. The molecule has 0 saturated carbocycles. The van der Waals surface area contributed by atoms with Gasteiger partial charge < -0.3 is 10.8 Å². The second-order valence-corrected chi connectivity index (χ2v) is 1.98. The molecule has 0 saturated heterocycles. The zero-order valence-electron chi connectivity index (χ0n) is 5.26. The Bertz CT molecular complexity index is 233. The molecular formula is C7H7FNO. The number of rotatable bonds is 0. The number of phenols is 1. The summed E-state index contributed by atoms with van der Waals surface area (Å²) in [5.74, 6) is -1.27. The third-order valence-electron chi connectivity index (χ3n) is 1.23. The molecule has 0 spiro atoms. The van der Waals surface area contributed by atoms with E-state index in [0.717, 1.165) is 0 Å². The highest BCUT2D eigenvalue weighted by Gasteiger charge is 2.05. The Labute approximate surface area is 58.1 Å². The lowest BCUT2D eigenvalue weighted by Crippen LogP contribution is -1.90. The molecule has 3 N–H and O–H groups in total. The summed E-state index contributed by atoms with van der Waals surface area (Å²) in [5.41, 5.74) is 5.35. The second-order valence-electron chi connectivity index (χ2n) is 1.98. The highest BCUT2D eigenvalue weighted by Crippen LogP contribution is 2.25. The van der Waals surface area contributed by atoms with Crippen molar-refractivity contribution < 1.29 is 9.50 Å². The van der Waals surface area contributed by atoms with E-state index in [1.54, 1.807) is 0 Å². The number of hydrogen-bond acceptors (Lipinski definition) is 2. The molecule has 0 heterocycles. The van der Waals surface area contributed by atoms with Crippen molar-refractivity contribution in [1.29, 1.82) is 0 Å². The number of aromatic hydroxyl groups is 1. The summed E-state index contributed by atoms with van der Waals surface area (Å²) in [6.07, 6.45) is 0. The standard InChI is InChI=1S/C7H7FNO/c1-4-2-3-5(9)7(10)6(4)8/h2-3,10H,1,9H2. The molecule has 10 heavy (non-hydrogen) atoms. The maximum atomic E-state index is 12.6. The lowest BCUT2D eigenvalue weighted by molar-refractivity contribution is 0.434. The van der Waals surface area contributed by atoms with Crippen LogP contribution in [0.3, 0.4) is 0 Å². The molecule has 0 aromatic heterocycles. The quantitative estimate of drug-likeness (QED) is 0.421. The normalized spacial score (nSPS) is 9.80. The number of anilines is 1. The topological polar surface area (TPSA) is 46.2 Å². The zero-order valence-corrected chi connectivity index (χ0v) is 5.26. The predicted molar refractivity (Wildman–Crippen MR) is 36.9 cm³/mol. The summed E-state index contributed by atoms with van der Waals surface area (Å²) >= 11 is 0. The first-order valence-corrected chi connectivity index (χ1v) is 2.72. The summed E-state index contributed by atoms with van der Waals surface area (Å²) in [6, 6.07) is 2.81. The van der Waals surface area contributed by atoms with Crippen molar-refractivity contribution in [3.8, 4) is 5.75 Å². The van der Waals surface area contributed by atoms with E-state index < -0.39 is 11.6 Å². The van der Waals surface area contributed by atoms with Crippen LogP contribution in [0.2, 0.25) is 0 Å². The third kappa shape index (κ3) is 0.900. The van der Waals surface area contributed by atoms with Gasteiger partial charge in [0.05, 0.1) is 5.69 Å². The Kier molecular flexibility index (Phi) is 1.49. The molecule has 0 atom stereocenters. The number of benzene rings is 1. The first-order chi connectivity index (χ1) is 4.63. The third-order valence-corrected chi connectivity index (χ3v) is 1.23. The van der Waals surface area contributed by atoms with Crippen molar-refractivity contribution in [3.05, 3.63) is 30.4 Å². The fraction of sp³-hybridized carbons (Fsp3) is 0. The largest absolute Gasteiger partial charge is 0.503 e. The molecule has 0 fully saturated rings. The van der Waals surface area contributed by atoms with E-state index in [2.05, 4.69) is 6.92 Å². The molecule has 0 aliphatic rings. The Morgan fingerprint density at radius 1 is 1.50 bits per heavy atom. The van der Waals surface area contributed by atoms with E-state index in [4.69, 9.17) is 10.8 Å². The van der Waals surface area contributed by atoms with E-state index >= 15 is 0 Å². The Balaban J connectivity index is 3.34. The van der Waals surface area contributed by atoms with Crippen LogP contribution in [0.15, 0.2) is 12.1 Å². The van der Waals surface area contributed by atoms with Gasteiger partial charge in [-0.2, -0.15) is 0 Å². The van der Waals surface area contributed by atoms with Crippen molar-refractivity contribution in [3.63, 3.8) is 0 Å². The van der Waals surface area contributed by atoms with Gasteiger partial charge in [0, 0.05) is 0 Å². The molecule has 0 unspecified atom stereocenters. The lowest BCUT2D eigenvalue weighted by atomic mass is 10.2. The summed E-state index contributed by atoms with van der Waals surface area (Å²) < 4.78 is 12.6. The van der Waals surface area contributed by atoms with E-state index in [9.17, 15) is 4.39 Å². The van der Waals surface area contributed by atoms with Crippen LogP contribution in [0.25, 0.3) is 0 Å². The van der Waals surface area contributed by atoms with Crippen molar-refractivity contribution in [2.45, 2.75) is 0 Å². The van der Waals surface area contributed by atoms with Crippen LogP contribution in [0.1, 0.15) is 5.56 Å². The minimum absolute atomic E-state index is 0.0323. The molecule has 3 heteroatoms. The van der Waals surface area contributed by atoms with Crippen molar-refractivity contribution in [2.24, 2.45) is 0 Å². The van der Waals surface area contributed by atoms with Gasteiger partial charge >= 0.3 is 0 Å². The Morgan fingerprint density at radius 2 is 2.10 bits per heavy atom. The number of hydrogen-bond donors (Lipinski definition) is 2. The van der Waals surface area contributed by atoms with Gasteiger partial charge in [0.15, 0.2) is 11.6 Å². The minimum Gasteiger partial charge on any atom is -0.503 e. The molecule has 2 nitrogen and oxygen atoms in total. The van der Waals surface area contributed by atoms with Gasteiger partial charge in [0.2, 0.25) is 0 Å². The van der Waals surface area contributed by atoms with Crippen LogP contribution in [0.5, 0.6) is 5.75 Å². The molecule has 53 valence electrons. The molecule has 0 amide bonds. The highest BCUT2D eigenvalue weighted by molar-refractivity contribution is 5.54. The van der Waals surface area contributed by atoms with E-state index in [-0.39, 0.29) is 11.3 Å². The van der Waals surface area contributed by atoms with Gasteiger partial charge in [-0.05, 0) is 18.6 Å². The number of halogens is 1. The molecule has 1 rings (SSSR count). The monoisotopic (exact) mass is 140 g/mol. The fourth-order valence-electron chi connectivity index (χ4n) is 0.621. The van der Waals surface area contributed by atoms with Crippen LogP contribution in [0.4, 0.5) is 10.1 Å². The Morgan fingerprint density at radius 3 is 2.60 bits per heavy atom. The van der Waals surface area contributed by atoms with Crippen molar-refractivity contribution in [2.75, 3.05) is 5.73 Å². The van der Waals surface area contributed by atoms with Gasteiger partial charge in [-0.25, -0.2) is 4.39 Å². The summed E-state index contributed by atoms with van der Waals surface area (Å²) in [4.78, 5) is 0. The summed E-state index contributed by atoms with van der Waals surface area (Å²) in [7, 11) is 0. The molecule has 0 bridgehead atoms. The van der Waals surface area contributed by atoms with Gasteiger partial charge in [-0.15, -0.1) is 0 Å². The first-order valence-electron chi connectivity index (χ1n) is 2.72. The smallest absolute Gasteiger partial charge is 0.175 e. The highest BCUT2D eigenvalue weighted by atomic mass is 19.1. The van der Waals surface area contributed by atoms with Crippen molar-refractivity contribution >= 4 is 5.69 Å². The molecular weight excluding hydrogens is 133 g/mol. The average Bonchev–Trinajstić information content (AvgIpc) is 1.93. The minimum atomic E-state index is -0.750. The van der Waals surface area contributed by atoms with Crippen LogP contribution < -0.4 is 5.73 Å². The molecule has 0 aliphatic heterocycles. The molecule has 1 aromatic carbocycles. The van der Waals surface area contributed by atoms with E-state index in [1.165, 1.54) is 12.1 Å². The van der Waals surface area contributed by atoms with Gasteiger partial charge in [-0.3, -0.25) is 0 Å². The van der Waals surface area contributed by atoms with Crippen LogP contribution in [-0.4, -0.2) is 5.11 Å². The maximum absolute atomic E-state index is 12.6. The Hall–Kier alpha value is -1.25. The first kappa shape index (κ1) is 6.86. The van der Waals surface area contributed by atoms with E-state index in [1.807, 2.05) is 0 Å². The molecule has 0 aliphatic carbocycles. The van der Waals surface area contributed by atoms with Gasteiger partial charge in [0.1, 0.15) is 0 Å². The van der Waals surface area contributed by atoms with E-state index in [0.29, 0.717) is 0 Å². The van der Waals surface area contributed by atoms with Crippen LogP contribution >= 0.6 is 0 Å². The number of nitrogens with two attached hydrogens (primary N) is 1.